The van der Waals surface area contributed by atoms with Crippen molar-refractivity contribution in [3.05, 3.63) is 65.5 Å². The standard InChI is InChI=1S/C20H23FN2O2/c21-19-9-2-1-6-17(19)12-22-18-8-3-7-16(11-18)20(25)23-10-4-5-15(13-23)14-24/h1-3,6-9,11,15,22,24H,4-5,10,12-14H2. The number of aliphatic hydroxyl groups is 1. The van der Waals surface area contributed by atoms with E-state index in [1.54, 1.807) is 35.2 Å². The van der Waals surface area contributed by atoms with Crippen molar-refractivity contribution in [3.8, 4) is 0 Å². The summed E-state index contributed by atoms with van der Waals surface area (Å²) in [7, 11) is 0. The predicted octanol–water partition coefficient (Wildman–Crippen LogP) is 3.28. The van der Waals surface area contributed by atoms with Crippen LogP contribution in [0, 0.1) is 11.7 Å². The lowest BCUT2D eigenvalue weighted by Crippen LogP contribution is -2.40. The van der Waals surface area contributed by atoms with Crippen LogP contribution in [0.25, 0.3) is 0 Å². The first-order valence-corrected chi connectivity index (χ1v) is 8.65. The predicted molar refractivity (Wildman–Crippen MR) is 95.9 cm³/mol. The normalized spacial score (nSPS) is 17.4. The second-order valence-electron chi connectivity index (χ2n) is 6.47. The molecule has 2 aromatic rings. The fraction of sp³-hybridized carbons (Fsp3) is 0.350. The molecule has 1 unspecified atom stereocenters. The second-order valence-corrected chi connectivity index (χ2v) is 6.47. The van der Waals surface area contributed by atoms with E-state index in [0.29, 0.717) is 24.2 Å². The summed E-state index contributed by atoms with van der Waals surface area (Å²) < 4.78 is 13.7. The van der Waals surface area contributed by atoms with Gasteiger partial charge in [-0.1, -0.05) is 24.3 Å². The molecule has 1 fully saturated rings. The van der Waals surface area contributed by atoms with Gasteiger partial charge in [-0.3, -0.25) is 4.79 Å². The molecule has 0 saturated carbocycles. The lowest BCUT2D eigenvalue weighted by molar-refractivity contribution is 0.0621. The van der Waals surface area contributed by atoms with E-state index in [2.05, 4.69) is 5.32 Å². The number of anilines is 1. The zero-order valence-electron chi connectivity index (χ0n) is 14.1. The Labute approximate surface area is 147 Å². The summed E-state index contributed by atoms with van der Waals surface area (Å²) in [5.41, 5.74) is 1.97. The second kappa shape index (κ2) is 8.12. The summed E-state index contributed by atoms with van der Waals surface area (Å²) in [4.78, 5) is 14.5. The smallest absolute Gasteiger partial charge is 0.253 e. The highest BCUT2D eigenvalue weighted by atomic mass is 19.1. The van der Waals surface area contributed by atoms with Crippen LogP contribution in [0.3, 0.4) is 0 Å². The van der Waals surface area contributed by atoms with E-state index in [0.717, 1.165) is 25.1 Å². The maximum absolute atomic E-state index is 13.7. The number of hydrogen-bond donors (Lipinski definition) is 2. The minimum atomic E-state index is -0.245. The lowest BCUT2D eigenvalue weighted by Gasteiger charge is -2.32. The average Bonchev–Trinajstić information content (AvgIpc) is 2.67. The molecule has 1 aliphatic heterocycles. The van der Waals surface area contributed by atoms with Crippen LogP contribution in [-0.4, -0.2) is 35.6 Å². The van der Waals surface area contributed by atoms with Gasteiger partial charge in [0.15, 0.2) is 0 Å². The number of benzene rings is 2. The van der Waals surface area contributed by atoms with Crippen LogP contribution in [0.1, 0.15) is 28.8 Å². The number of nitrogens with zero attached hydrogens (tertiary/aromatic N) is 1. The minimum absolute atomic E-state index is 0.0207. The van der Waals surface area contributed by atoms with E-state index in [-0.39, 0.29) is 24.2 Å². The van der Waals surface area contributed by atoms with Crippen molar-refractivity contribution >= 4 is 11.6 Å². The zero-order chi connectivity index (χ0) is 17.6. The highest BCUT2D eigenvalue weighted by molar-refractivity contribution is 5.95. The summed E-state index contributed by atoms with van der Waals surface area (Å²) in [5, 5.41) is 12.5. The largest absolute Gasteiger partial charge is 0.396 e. The molecule has 0 aliphatic carbocycles. The molecule has 0 bridgehead atoms. The van der Waals surface area contributed by atoms with Crippen LogP contribution < -0.4 is 5.32 Å². The van der Waals surface area contributed by atoms with Crippen molar-refractivity contribution in [2.45, 2.75) is 19.4 Å². The number of nitrogens with one attached hydrogen (secondary N) is 1. The van der Waals surface area contributed by atoms with Gasteiger partial charge in [-0.15, -0.1) is 0 Å². The zero-order valence-corrected chi connectivity index (χ0v) is 14.1. The fourth-order valence-electron chi connectivity index (χ4n) is 3.18. The number of carbonyl (C=O) groups excluding carboxylic acids is 1. The molecule has 5 heteroatoms. The Morgan fingerprint density at radius 1 is 1.24 bits per heavy atom. The minimum Gasteiger partial charge on any atom is -0.396 e. The molecule has 1 amide bonds. The summed E-state index contributed by atoms with van der Waals surface area (Å²) in [6.07, 6.45) is 1.88. The Balaban J connectivity index is 1.66. The quantitative estimate of drug-likeness (QED) is 0.877. The molecular formula is C20H23FN2O2. The van der Waals surface area contributed by atoms with Crippen molar-refractivity contribution in [2.75, 3.05) is 25.0 Å². The Bertz CT molecular complexity index is 735. The Hall–Kier alpha value is -2.40. The van der Waals surface area contributed by atoms with E-state index in [1.165, 1.54) is 6.07 Å². The SMILES string of the molecule is O=C(c1cccc(NCc2ccccc2F)c1)N1CCCC(CO)C1. The third-order valence-corrected chi connectivity index (χ3v) is 4.61. The van der Waals surface area contributed by atoms with Crippen molar-refractivity contribution < 1.29 is 14.3 Å². The third-order valence-electron chi connectivity index (χ3n) is 4.61. The molecule has 0 aromatic heterocycles. The topological polar surface area (TPSA) is 52.6 Å². The van der Waals surface area contributed by atoms with Gasteiger partial charge in [-0.05, 0) is 43.0 Å². The Morgan fingerprint density at radius 2 is 2.08 bits per heavy atom. The van der Waals surface area contributed by atoms with Gasteiger partial charge in [0.2, 0.25) is 0 Å². The molecule has 1 saturated heterocycles. The number of amides is 1. The first-order chi connectivity index (χ1) is 12.2. The number of hydrogen-bond acceptors (Lipinski definition) is 3. The molecule has 1 heterocycles. The monoisotopic (exact) mass is 342 g/mol. The van der Waals surface area contributed by atoms with Gasteiger partial charge in [0, 0.05) is 43.1 Å². The van der Waals surface area contributed by atoms with Gasteiger partial charge >= 0.3 is 0 Å². The molecule has 0 spiro atoms. The molecule has 4 nitrogen and oxygen atoms in total. The first kappa shape index (κ1) is 17.4. The van der Waals surface area contributed by atoms with Gasteiger partial charge in [-0.2, -0.15) is 0 Å². The molecule has 3 rings (SSSR count). The van der Waals surface area contributed by atoms with Crippen LogP contribution in [0.5, 0.6) is 0 Å². The number of halogens is 1. The molecular weight excluding hydrogens is 319 g/mol. The van der Waals surface area contributed by atoms with Crippen molar-refractivity contribution in [2.24, 2.45) is 5.92 Å². The number of aliphatic hydroxyl groups excluding tert-OH is 1. The maximum Gasteiger partial charge on any atom is 0.253 e. The molecule has 0 radical (unpaired) electrons. The van der Waals surface area contributed by atoms with Crippen molar-refractivity contribution in [1.82, 2.24) is 4.90 Å². The van der Waals surface area contributed by atoms with Crippen LogP contribution in [0.2, 0.25) is 0 Å². The Morgan fingerprint density at radius 3 is 2.88 bits per heavy atom. The summed E-state index contributed by atoms with van der Waals surface area (Å²) >= 11 is 0. The van der Waals surface area contributed by atoms with E-state index in [4.69, 9.17) is 0 Å². The maximum atomic E-state index is 13.7. The summed E-state index contributed by atoms with van der Waals surface area (Å²) in [6, 6.07) is 13.9. The van der Waals surface area contributed by atoms with Gasteiger partial charge in [0.05, 0.1) is 0 Å². The highest BCUT2D eigenvalue weighted by Gasteiger charge is 2.24. The Kier molecular flexibility index (Phi) is 5.66. The molecule has 2 aromatic carbocycles. The lowest BCUT2D eigenvalue weighted by atomic mass is 9.98. The molecule has 25 heavy (non-hydrogen) atoms. The number of rotatable bonds is 5. The number of likely N-dealkylation sites (tertiary alicyclic amines) is 1. The van der Waals surface area contributed by atoms with E-state index < -0.39 is 0 Å². The van der Waals surface area contributed by atoms with Gasteiger partial charge in [0.25, 0.3) is 5.91 Å². The molecule has 2 N–H and O–H groups in total. The van der Waals surface area contributed by atoms with Gasteiger partial charge in [0.1, 0.15) is 5.82 Å². The summed E-state index contributed by atoms with van der Waals surface area (Å²) in [5.74, 6) is -0.0988. The van der Waals surface area contributed by atoms with Crippen LogP contribution in [0.4, 0.5) is 10.1 Å². The van der Waals surface area contributed by atoms with E-state index >= 15 is 0 Å². The molecule has 132 valence electrons. The van der Waals surface area contributed by atoms with Crippen LogP contribution in [0.15, 0.2) is 48.5 Å². The van der Waals surface area contributed by atoms with E-state index in [9.17, 15) is 14.3 Å². The summed E-state index contributed by atoms with van der Waals surface area (Å²) in [6.45, 7) is 1.80. The van der Waals surface area contributed by atoms with Crippen molar-refractivity contribution in [1.29, 1.82) is 0 Å². The van der Waals surface area contributed by atoms with Gasteiger partial charge in [-0.25, -0.2) is 4.39 Å². The molecule has 1 atom stereocenters. The first-order valence-electron chi connectivity index (χ1n) is 8.65. The number of carbonyl (C=O) groups is 1. The third kappa shape index (κ3) is 4.37. The highest BCUT2D eigenvalue weighted by Crippen LogP contribution is 2.20. The fourth-order valence-corrected chi connectivity index (χ4v) is 3.18. The number of piperidine rings is 1. The molecule has 1 aliphatic rings. The van der Waals surface area contributed by atoms with E-state index in [1.807, 2.05) is 12.1 Å². The van der Waals surface area contributed by atoms with Crippen LogP contribution in [-0.2, 0) is 6.54 Å². The van der Waals surface area contributed by atoms with Crippen LogP contribution >= 0.6 is 0 Å². The average molecular weight is 342 g/mol. The van der Waals surface area contributed by atoms with Gasteiger partial charge < -0.3 is 15.3 Å². The van der Waals surface area contributed by atoms with Crippen molar-refractivity contribution in [3.63, 3.8) is 0 Å².